The van der Waals surface area contributed by atoms with E-state index in [1.807, 2.05) is 62.4 Å². The minimum atomic E-state index is -0.748. The number of Topliss-reactive ketones (excluding diaryl/α,β-unsaturated/α-hetero) is 1. The Hall–Kier alpha value is -3.58. The molecule has 1 fully saturated rings. The number of amides is 2. The van der Waals surface area contributed by atoms with Crippen molar-refractivity contribution in [3.8, 4) is 0 Å². The number of benzene rings is 2. The lowest BCUT2D eigenvalue weighted by atomic mass is 10.0. The van der Waals surface area contributed by atoms with Crippen LogP contribution in [0.25, 0.3) is 10.9 Å². The second kappa shape index (κ2) is 11.9. The van der Waals surface area contributed by atoms with Gasteiger partial charge >= 0.3 is 0 Å². The lowest BCUT2D eigenvalue weighted by Gasteiger charge is -2.23. The SMILES string of the molecule is CC(C)CC(NC(=O)c1ccc2ccccc2n1)C(=O)N[C@H]1CCCN(Cc2ccccc2)CC1=O. The molecule has 0 bridgehead atoms. The van der Waals surface area contributed by atoms with E-state index in [1.165, 1.54) is 0 Å². The Morgan fingerprint density at radius 1 is 1.03 bits per heavy atom. The molecule has 2 N–H and O–H groups in total. The Balaban J connectivity index is 1.40. The molecule has 0 radical (unpaired) electrons. The van der Waals surface area contributed by atoms with Crippen LogP contribution in [-0.2, 0) is 16.1 Å². The molecular weight excluding hydrogens is 452 g/mol. The highest BCUT2D eigenvalue weighted by molar-refractivity contribution is 5.99. The number of para-hydroxylation sites is 1. The summed E-state index contributed by atoms with van der Waals surface area (Å²) in [5, 5.41) is 6.73. The van der Waals surface area contributed by atoms with E-state index in [0.29, 0.717) is 25.9 Å². The number of hydrogen-bond donors (Lipinski definition) is 2. The van der Waals surface area contributed by atoms with E-state index in [9.17, 15) is 14.4 Å². The summed E-state index contributed by atoms with van der Waals surface area (Å²) in [7, 11) is 0. The first kappa shape index (κ1) is 25.5. The number of ketones is 1. The molecule has 3 aromatic rings. The van der Waals surface area contributed by atoms with Gasteiger partial charge in [-0.3, -0.25) is 19.3 Å². The van der Waals surface area contributed by atoms with Crippen molar-refractivity contribution < 1.29 is 14.4 Å². The number of nitrogens with one attached hydrogen (secondary N) is 2. The molecule has 1 unspecified atom stereocenters. The number of hydrogen-bond acceptors (Lipinski definition) is 5. The number of aromatic nitrogens is 1. The molecule has 7 nitrogen and oxygen atoms in total. The van der Waals surface area contributed by atoms with Crippen LogP contribution in [0, 0.1) is 5.92 Å². The van der Waals surface area contributed by atoms with Crippen LogP contribution in [-0.4, -0.2) is 52.7 Å². The smallest absolute Gasteiger partial charge is 0.270 e. The number of rotatable bonds is 8. The lowest BCUT2D eigenvalue weighted by Crippen LogP contribution is -2.52. The van der Waals surface area contributed by atoms with Gasteiger partial charge in [-0.05, 0) is 49.4 Å². The van der Waals surface area contributed by atoms with Gasteiger partial charge in [-0.1, -0.05) is 68.4 Å². The Bertz CT molecular complexity index is 1210. The maximum absolute atomic E-state index is 13.2. The zero-order valence-corrected chi connectivity index (χ0v) is 20.9. The number of carbonyl (C=O) groups excluding carboxylic acids is 3. The first-order valence-corrected chi connectivity index (χ1v) is 12.6. The second-order valence-corrected chi connectivity index (χ2v) is 9.91. The summed E-state index contributed by atoms with van der Waals surface area (Å²) in [5.74, 6) is -0.546. The van der Waals surface area contributed by atoms with E-state index in [2.05, 4.69) is 32.7 Å². The summed E-state index contributed by atoms with van der Waals surface area (Å²) in [6.07, 6.45) is 1.86. The molecule has 1 aliphatic heterocycles. The number of fused-ring (bicyclic) bond motifs is 1. The molecule has 1 aliphatic rings. The summed E-state index contributed by atoms with van der Waals surface area (Å²) >= 11 is 0. The van der Waals surface area contributed by atoms with Crippen molar-refractivity contribution >= 4 is 28.5 Å². The molecule has 1 saturated heterocycles. The normalized spacial score (nSPS) is 17.5. The highest BCUT2D eigenvalue weighted by Crippen LogP contribution is 2.15. The Morgan fingerprint density at radius 2 is 1.78 bits per heavy atom. The van der Waals surface area contributed by atoms with Crippen LogP contribution in [0.4, 0.5) is 0 Å². The van der Waals surface area contributed by atoms with Crippen molar-refractivity contribution in [1.29, 1.82) is 0 Å². The largest absolute Gasteiger partial charge is 0.344 e. The summed E-state index contributed by atoms with van der Waals surface area (Å²) < 4.78 is 0. The third-order valence-electron chi connectivity index (χ3n) is 6.46. The number of nitrogens with zero attached hydrogens (tertiary/aromatic N) is 2. The molecule has 4 rings (SSSR count). The zero-order valence-electron chi connectivity index (χ0n) is 20.9. The zero-order chi connectivity index (χ0) is 25.5. The fraction of sp³-hybridized carbons (Fsp3) is 0.379. The first-order valence-electron chi connectivity index (χ1n) is 12.6. The summed E-state index contributed by atoms with van der Waals surface area (Å²) in [4.78, 5) is 45.8. The van der Waals surface area contributed by atoms with Crippen molar-refractivity contribution in [2.75, 3.05) is 13.1 Å². The fourth-order valence-corrected chi connectivity index (χ4v) is 4.62. The molecule has 188 valence electrons. The Morgan fingerprint density at radius 3 is 2.56 bits per heavy atom. The highest BCUT2D eigenvalue weighted by atomic mass is 16.2. The molecular formula is C29H34N4O3. The van der Waals surface area contributed by atoms with Crippen LogP contribution in [0.15, 0.2) is 66.7 Å². The molecule has 1 aromatic heterocycles. The van der Waals surface area contributed by atoms with Crippen molar-refractivity contribution in [2.45, 2.75) is 51.7 Å². The van der Waals surface area contributed by atoms with E-state index in [1.54, 1.807) is 6.07 Å². The third kappa shape index (κ3) is 6.76. The number of pyridine rings is 1. The molecule has 0 spiro atoms. The van der Waals surface area contributed by atoms with Gasteiger partial charge in [0, 0.05) is 11.9 Å². The van der Waals surface area contributed by atoms with Gasteiger partial charge in [-0.25, -0.2) is 4.98 Å². The van der Waals surface area contributed by atoms with Crippen molar-refractivity contribution in [3.05, 3.63) is 78.0 Å². The predicted octanol–water partition coefficient (Wildman–Crippen LogP) is 3.73. The lowest BCUT2D eigenvalue weighted by molar-refractivity contribution is -0.129. The number of carbonyl (C=O) groups is 3. The molecule has 2 aromatic carbocycles. The summed E-state index contributed by atoms with van der Waals surface area (Å²) in [6, 6.07) is 19.9. The van der Waals surface area contributed by atoms with Crippen molar-refractivity contribution in [3.63, 3.8) is 0 Å². The van der Waals surface area contributed by atoms with Gasteiger partial charge in [0.2, 0.25) is 5.91 Å². The predicted molar refractivity (Wildman–Crippen MR) is 140 cm³/mol. The minimum absolute atomic E-state index is 0.00241. The maximum Gasteiger partial charge on any atom is 0.270 e. The van der Waals surface area contributed by atoms with Crippen LogP contribution in [0.5, 0.6) is 0 Å². The van der Waals surface area contributed by atoms with Gasteiger partial charge in [0.15, 0.2) is 5.78 Å². The quantitative estimate of drug-likeness (QED) is 0.506. The van der Waals surface area contributed by atoms with Crippen molar-refractivity contribution in [1.82, 2.24) is 20.5 Å². The molecule has 2 amide bonds. The standard InChI is InChI=1S/C29H34N4O3/c1-20(2)17-26(32-28(35)25-15-14-22-11-6-7-12-23(22)30-25)29(36)31-24-13-8-16-33(19-27(24)34)18-21-9-4-3-5-10-21/h3-7,9-12,14-15,20,24,26H,8,13,16-19H2,1-2H3,(H,31,36)(H,32,35)/t24-,26?/m0/s1. The van der Waals surface area contributed by atoms with E-state index >= 15 is 0 Å². The Kier molecular flexibility index (Phi) is 8.44. The van der Waals surface area contributed by atoms with Gasteiger partial charge in [0.25, 0.3) is 5.91 Å². The second-order valence-electron chi connectivity index (χ2n) is 9.91. The van der Waals surface area contributed by atoms with E-state index in [-0.39, 0.29) is 23.3 Å². The molecule has 2 heterocycles. The third-order valence-corrected chi connectivity index (χ3v) is 6.46. The number of likely N-dealkylation sites (tertiary alicyclic amines) is 1. The summed E-state index contributed by atoms with van der Waals surface area (Å²) in [5.41, 5.74) is 2.14. The average Bonchev–Trinajstić information content (AvgIpc) is 3.04. The average molecular weight is 487 g/mol. The van der Waals surface area contributed by atoms with Crippen LogP contribution >= 0.6 is 0 Å². The van der Waals surface area contributed by atoms with Crippen LogP contribution < -0.4 is 10.6 Å². The molecule has 7 heteroatoms. The van der Waals surface area contributed by atoms with Gasteiger partial charge in [0.05, 0.1) is 18.1 Å². The molecule has 0 aliphatic carbocycles. The monoisotopic (exact) mass is 486 g/mol. The van der Waals surface area contributed by atoms with Crippen molar-refractivity contribution in [2.24, 2.45) is 5.92 Å². The summed E-state index contributed by atoms with van der Waals surface area (Å²) in [6.45, 7) is 5.80. The maximum atomic E-state index is 13.2. The van der Waals surface area contributed by atoms with Crippen LogP contribution in [0.3, 0.4) is 0 Å². The van der Waals surface area contributed by atoms with Crippen LogP contribution in [0.2, 0.25) is 0 Å². The van der Waals surface area contributed by atoms with E-state index in [0.717, 1.165) is 29.4 Å². The van der Waals surface area contributed by atoms with Gasteiger partial charge in [-0.15, -0.1) is 0 Å². The van der Waals surface area contributed by atoms with E-state index in [4.69, 9.17) is 0 Å². The highest BCUT2D eigenvalue weighted by Gasteiger charge is 2.30. The minimum Gasteiger partial charge on any atom is -0.344 e. The van der Waals surface area contributed by atoms with Gasteiger partial charge in [-0.2, -0.15) is 0 Å². The van der Waals surface area contributed by atoms with Gasteiger partial charge < -0.3 is 10.6 Å². The molecule has 36 heavy (non-hydrogen) atoms. The fourth-order valence-electron chi connectivity index (χ4n) is 4.62. The topological polar surface area (TPSA) is 91.4 Å². The molecule has 0 saturated carbocycles. The van der Waals surface area contributed by atoms with E-state index < -0.39 is 18.0 Å². The van der Waals surface area contributed by atoms with Crippen LogP contribution in [0.1, 0.15) is 49.2 Å². The van der Waals surface area contributed by atoms with Gasteiger partial charge in [0.1, 0.15) is 11.7 Å². The molecule has 2 atom stereocenters. The first-order chi connectivity index (χ1) is 17.4. The Labute approximate surface area is 212 Å².